The lowest BCUT2D eigenvalue weighted by Gasteiger charge is -2.21. The number of hydrazine groups is 1. The second-order valence-electron chi connectivity index (χ2n) is 6.92. The number of amides is 3. The van der Waals surface area contributed by atoms with Crippen LogP contribution in [0, 0.1) is 12.8 Å². The van der Waals surface area contributed by atoms with E-state index >= 15 is 0 Å². The van der Waals surface area contributed by atoms with Crippen molar-refractivity contribution in [1.82, 2.24) is 16.2 Å². The fourth-order valence-corrected chi connectivity index (χ4v) is 2.77. The average Bonchev–Trinajstić information content (AvgIpc) is 2.65. The van der Waals surface area contributed by atoms with Crippen LogP contribution in [0.25, 0.3) is 0 Å². The quantitative estimate of drug-likeness (QED) is 0.649. The van der Waals surface area contributed by atoms with Gasteiger partial charge in [-0.15, -0.1) is 0 Å². The first-order chi connectivity index (χ1) is 13.3. The number of rotatable bonds is 6. The summed E-state index contributed by atoms with van der Waals surface area (Å²) in [6, 6.07) is 12.6. The molecule has 0 aliphatic carbocycles. The predicted molar refractivity (Wildman–Crippen MR) is 109 cm³/mol. The van der Waals surface area contributed by atoms with Crippen LogP contribution in [0.3, 0.4) is 0 Å². The first-order valence-electron chi connectivity index (χ1n) is 9.00. The van der Waals surface area contributed by atoms with Crippen LogP contribution in [0.1, 0.15) is 46.5 Å². The number of halogens is 1. The van der Waals surface area contributed by atoms with Gasteiger partial charge in [0, 0.05) is 16.1 Å². The summed E-state index contributed by atoms with van der Waals surface area (Å²) in [5.41, 5.74) is 6.43. The van der Waals surface area contributed by atoms with E-state index in [2.05, 4.69) is 16.2 Å². The van der Waals surface area contributed by atoms with E-state index in [1.807, 2.05) is 32.9 Å². The van der Waals surface area contributed by atoms with Crippen molar-refractivity contribution in [2.24, 2.45) is 5.92 Å². The number of hydrogen-bond acceptors (Lipinski definition) is 3. The SMILES string of the molecule is Cc1ccccc1C(=O)N[C@@H](CC(C)C)C(=O)NNC(=O)c1ccc(Cl)cc1. The van der Waals surface area contributed by atoms with Crippen molar-refractivity contribution in [2.75, 3.05) is 0 Å². The Kier molecular flexibility index (Phi) is 7.58. The lowest BCUT2D eigenvalue weighted by Crippen LogP contribution is -2.52. The molecule has 0 radical (unpaired) electrons. The molecule has 2 aromatic rings. The maximum Gasteiger partial charge on any atom is 0.269 e. The molecule has 6 nitrogen and oxygen atoms in total. The minimum atomic E-state index is -0.780. The molecule has 0 heterocycles. The van der Waals surface area contributed by atoms with E-state index in [0.717, 1.165) is 5.56 Å². The molecule has 0 bridgehead atoms. The Morgan fingerprint density at radius 2 is 1.57 bits per heavy atom. The van der Waals surface area contributed by atoms with Crippen LogP contribution < -0.4 is 16.2 Å². The normalized spacial score (nSPS) is 11.6. The number of benzene rings is 2. The van der Waals surface area contributed by atoms with Gasteiger partial charge in [0.2, 0.25) is 0 Å². The Labute approximate surface area is 169 Å². The molecule has 0 saturated carbocycles. The lowest BCUT2D eigenvalue weighted by molar-refractivity contribution is -0.124. The maximum absolute atomic E-state index is 12.6. The molecule has 0 aromatic heterocycles. The van der Waals surface area contributed by atoms with Crippen molar-refractivity contribution in [3.05, 3.63) is 70.2 Å². The summed E-state index contributed by atoms with van der Waals surface area (Å²) in [4.78, 5) is 37.3. The van der Waals surface area contributed by atoms with Gasteiger partial charge in [-0.2, -0.15) is 0 Å². The number of hydrogen-bond donors (Lipinski definition) is 3. The summed E-state index contributed by atoms with van der Waals surface area (Å²) in [7, 11) is 0. The minimum absolute atomic E-state index is 0.167. The van der Waals surface area contributed by atoms with Crippen LogP contribution in [0.2, 0.25) is 5.02 Å². The highest BCUT2D eigenvalue weighted by atomic mass is 35.5. The molecule has 3 amide bonds. The molecule has 2 aromatic carbocycles. The molecule has 28 heavy (non-hydrogen) atoms. The Morgan fingerprint density at radius 1 is 0.929 bits per heavy atom. The molecule has 2 rings (SSSR count). The molecule has 0 spiro atoms. The van der Waals surface area contributed by atoms with E-state index < -0.39 is 17.9 Å². The summed E-state index contributed by atoms with van der Waals surface area (Å²) in [6.45, 7) is 5.73. The zero-order chi connectivity index (χ0) is 20.7. The third-order valence-corrected chi connectivity index (χ3v) is 4.38. The lowest BCUT2D eigenvalue weighted by atomic mass is 10.0. The first-order valence-corrected chi connectivity index (χ1v) is 9.38. The van der Waals surface area contributed by atoms with Crippen molar-refractivity contribution < 1.29 is 14.4 Å². The topological polar surface area (TPSA) is 87.3 Å². The van der Waals surface area contributed by atoms with Crippen LogP contribution in [0.5, 0.6) is 0 Å². The van der Waals surface area contributed by atoms with Crippen LogP contribution in [-0.4, -0.2) is 23.8 Å². The summed E-state index contributed by atoms with van der Waals surface area (Å²) in [5.74, 6) is -1.13. The van der Waals surface area contributed by atoms with Crippen molar-refractivity contribution in [3.63, 3.8) is 0 Å². The standard InChI is InChI=1S/C21H24ClN3O3/c1-13(2)12-18(23-20(27)17-7-5-4-6-14(17)3)21(28)25-24-19(26)15-8-10-16(22)11-9-15/h4-11,13,18H,12H2,1-3H3,(H,23,27)(H,24,26)(H,25,28)/t18-/m0/s1. The number of aryl methyl sites for hydroxylation is 1. The number of carbonyl (C=O) groups excluding carboxylic acids is 3. The van der Waals surface area contributed by atoms with E-state index in [4.69, 9.17) is 11.6 Å². The fourth-order valence-electron chi connectivity index (χ4n) is 2.65. The third kappa shape index (κ3) is 6.09. The van der Waals surface area contributed by atoms with Gasteiger partial charge in [-0.1, -0.05) is 43.6 Å². The minimum Gasteiger partial charge on any atom is -0.340 e. The second-order valence-corrected chi connectivity index (χ2v) is 7.36. The Morgan fingerprint density at radius 3 is 2.18 bits per heavy atom. The number of carbonyl (C=O) groups is 3. The highest BCUT2D eigenvalue weighted by Crippen LogP contribution is 2.11. The zero-order valence-corrected chi connectivity index (χ0v) is 16.8. The van der Waals surface area contributed by atoms with E-state index in [1.165, 1.54) is 0 Å². The van der Waals surface area contributed by atoms with Gasteiger partial charge in [0.25, 0.3) is 17.7 Å². The van der Waals surface area contributed by atoms with Gasteiger partial charge in [0.05, 0.1) is 0 Å². The molecule has 148 valence electrons. The fraction of sp³-hybridized carbons (Fsp3) is 0.286. The van der Waals surface area contributed by atoms with Gasteiger partial charge in [0.1, 0.15) is 6.04 Å². The van der Waals surface area contributed by atoms with Gasteiger partial charge in [-0.05, 0) is 55.2 Å². The summed E-state index contributed by atoms with van der Waals surface area (Å²) < 4.78 is 0. The van der Waals surface area contributed by atoms with Gasteiger partial charge in [-0.3, -0.25) is 25.2 Å². The molecule has 0 aliphatic rings. The van der Waals surface area contributed by atoms with Gasteiger partial charge in [0.15, 0.2) is 0 Å². The van der Waals surface area contributed by atoms with Gasteiger partial charge >= 0.3 is 0 Å². The van der Waals surface area contributed by atoms with Crippen molar-refractivity contribution in [3.8, 4) is 0 Å². The van der Waals surface area contributed by atoms with Crippen LogP contribution in [-0.2, 0) is 4.79 Å². The van der Waals surface area contributed by atoms with Crippen molar-refractivity contribution in [1.29, 1.82) is 0 Å². The van der Waals surface area contributed by atoms with Crippen LogP contribution >= 0.6 is 11.6 Å². The molecule has 7 heteroatoms. The first kappa shape index (κ1) is 21.4. The molecule has 3 N–H and O–H groups in total. The second kappa shape index (κ2) is 9.90. The van der Waals surface area contributed by atoms with E-state index in [9.17, 15) is 14.4 Å². The number of nitrogens with one attached hydrogen (secondary N) is 3. The summed E-state index contributed by atoms with van der Waals surface area (Å²) in [5, 5.41) is 3.27. The van der Waals surface area contributed by atoms with Gasteiger partial charge < -0.3 is 5.32 Å². The molecule has 0 saturated heterocycles. The van der Waals surface area contributed by atoms with E-state index in [0.29, 0.717) is 22.6 Å². The summed E-state index contributed by atoms with van der Waals surface area (Å²) >= 11 is 5.80. The van der Waals surface area contributed by atoms with Crippen molar-refractivity contribution in [2.45, 2.75) is 33.2 Å². The predicted octanol–water partition coefficient (Wildman–Crippen LogP) is 3.25. The van der Waals surface area contributed by atoms with E-state index in [-0.39, 0.29) is 11.8 Å². The average molecular weight is 402 g/mol. The Bertz CT molecular complexity index is 850. The summed E-state index contributed by atoms with van der Waals surface area (Å²) in [6.07, 6.45) is 0.431. The van der Waals surface area contributed by atoms with Crippen molar-refractivity contribution >= 4 is 29.3 Å². The Hall–Kier alpha value is -2.86. The van der Waals surface area contributed by atoms with Gasteiger partial charge in [-0.25, -0.2) is 0 Å². The highest BCUT2D eigenvalue weighted by molar-refractivity contribution is 6.30. The molecule has 0 unspecified atom stereocenters. The third-order valence-electron chi connectivity index (χ3n) is 4.12. The zero-order valence-electron chi connectivity index (χ0n) is 16.1. The maximum atomic E-state index is 12.6. The smallest absolute Gasteiger partial charge is 0.269 e. The molecule has 0 aliphatic heterocycles. The molecule has 1 atom stereocenters. The molecular weight excluding hydrogens is 378 g/mol. The van der Waals surface area contributed by atoms with Crippen LogP contribution in [0.4, 0.5) is 0 Å². The molecule has 0 fully saturated rings. The monoisotopic (exact) mass is 401 g/mol. The van der Waals surface area contributed by atoms with Crippen LogP contribution in [0.15, 0.2) is 48.5 Å². The molecular formula is C21H24ClN3O3. The largest absolute Gasteiger partial charge is 0.340 e. The highest BCUT2D eigenvalue weighted by Gasteiger charge is 2.23. The Balaban J connectivity index is 2.02. The van der Waals surface area contributed by atoms with E-state index in [1.54, 1.807) is 36.4 Å².